The van der Waals surface area contributed by atoms with Gasteiger partial charge in [-0.3, -0.25) is 4.79 Å². The molecule has 0 radical (unpaired) electrons. The molecule has 0 spiro atoms. The first kappa shape index (κ1) is 14.4. The number of carboxylic acid groups (broad SMARTS) is 1. The Bertz CT molecular complexity index is 193. The van der Waals surface area contributed by atoms with Crippen LogP contribution in [0, 0.1) is 0 Å². The third-order valence-corrected chi connectivity index (χ3v) is 3.02. The first-order valence-electron chi connectivity index (χ1n) is 5.70. The fraction of sp³-hybridized carbons (Fsp3) is 0.909. The van der Waals surface area contributed by atoms with Crippen molar-refractivity contribution in [3.8, 4) is 0 Å². The summed E-state index contributed by atoms with van der Waals surface area (Å²) in [7, 11) is 0. The van der Waals surface area contributed by atoms with Crippen LogP contribution in [0.4, 0.5) is 0 Å². The van der Waals surface area contributed by atoms with E-state index in [2.05, 4.69) is 24.1 Å². The largest absolute Gasteiger partial charge is 0.480 e. The van der Waals surface area contributed by atoms with Gasteiger partial charge in [-0.25, -0.2) is 0 Å². The number of carboxylic acids is 1. The van der Waals surface area contributed by atoms with Gasteiger partial charge in [0.05, 0.1) is 0 Å². The van der Waals surface area contributed by atoms with Gasteiger partial charge in [-0.1, -0.05) is 20.8 Å². The smallest absolute Gasteiger partial charge is 0.323 e. The van der Waals surface area contributed by atoms with E-state index in [0.717, 1.165) is 26.2 Å². The second-order valence-electron chi connectivity index (χ2n) is 3.94. The van der Waals surface area contributed by atoms with Crippen LogP contribution < -0.4 is 5.32 Å². The van der Waals surface area contributed by atoms with Crippen molar-refractivity contribution in [1.29, 1.82) is 0 Å². The van der Waals surface area contributed by atoms with Crippen molar-refractivity contribution in [3.05, 3.63) is 0 Å². The maximum absolute atomic E-state index is 11.0. The molecular weight excluding hydrogens is 192 g/mol. The highest BCUT2D eigenvalue weighted by Crippen LogP contribution is 2.08. The highest BCUT2D eigenvalue weighted by molar-refractivity contribution is 5.78. The molecule has 4 heteroatoms. The summed E-state index contributed by atoms with van der Waals surface area (Å²) in [4.78, 5) is 13.3. The van der Waals surface area contributed by atoms with Crippen LogP contribution in [0.2, 0.25) is 0 Å². The molecule has 0 aromatic carbocycles. The van der Waals surface area contributed by atoms with Gasteiger partial charge in [-0.05, 0) is 26.4 Å². The van der Waals surface area contributed by atoms with Crippen LogP contribution in [0.5, 0.6) is 0 Å². The van der Waals surface area contributed by atoms with Crippen LogP contribution in [0.3, 0.4) is 0 Å². The first-order valence-corrected chi connectivity index (χ1v) is 5.70. The van der Waals surface area contributed by atoms with Crippen molar-refractivity contribution >= 4 is 5.97 Å². The molecule has 15 heavy (non-hydrogen) atoms. The molecule has 0 saturated heterocycles. The Hall–Kier alpha value is -0.610. The standard InChI is InChI=1S/C11H24N2O2/c1-5-11(4,10(14)15)12-8-9-13(6-2)7-3/h12H,5-9H2,1-4H3,(H,14,15). The number of nitrogens with zero attached hydrogens (tertiary/aromatic N) is 1. The summed E-state index contributed by atoms with van der Waals surface area (Å²) in [6.07, 6.45) is 0.598. The van der Waals surface area contributed by atoms with E-state index < -0.39 is 11.5 Å². The Morgan fingerprint density at radius 1 is 1.33 bits per heavy atom. The number of aliphatic carboxylic acids is 1. The Kier molecular flexibility index (Phi) is 6.52. The van der Waals surface area contributed by atoms with Gasteiger partial charge in [0.1, 0.15) is 5.54 Å². The Balaban J connectivity index is 3.97. The van der Waals surface area contributed by atoms with Crippen molar-refractivity contribution < 1.29 is 9.90 Å². The summed E-state index contributed by atoms with van der Waals surface area (Å²) >= 11 is 0. The maximum atomic E-state index is 11.0. The van der Waals surface area contributed by atoms with Crippen LogP contribution in [0.15, 0.2) is 0 Å². The second kappa shape index (κ2) is 6.80. The fourth-order valence-corrected chi connectivity index (χ4v) is 1.38. The van der Waals surface area contributed by atoms with Gasteiger partial charge in [0.2, 0.25) is 0 Å². The lowest BCUT2D eigenvalue weighted by Gasteiger charge is -2.26. The monoisotopic (exact) mass is 216 g/mol. The zero-order chi connectivity index (χ0) is 11.9. The number of nitrogens with one attached hydrogen (secondary N) is 1. The third-order valence-electron chi connectivity index (χ3n) is 3.02. The average Bonchev–Trinajstić information content (AvgIpc) is 2.23. The molecule has 0 aromatic rings. The molecule has 0 aliphatic rings. The van der Waals surface area contributed by atoms with Crippen molar-refractivity contribution in [2.45, 2.75) is 39.7 Å². The predicted octanol–water partition coefficient (Wildman–Crippen LogP) is 1.17. The molecule has 2 N–H and O–H groups in total. The van der Waals surface area contributed by atoms with Gasteiger partial charge in [0.25, 0.3) is 0 Å². The highest BCUT2D eigenvalue weighted by atomic mass is 16.4. The van der Waals surface area contributed by atoms with Gasteiger partial charge in [-0.15, -0.1) is 0 Å². The molecule has 0 aliphatic carbocycles. The summed E-state index contributed by atoms with van der Waals surface area (Å²) in [6, 6.07) is 0. The lowest BCUT2D eigenvalue weighted by molar-refractivity contribution is -0.144. The van der Waals surface area contributed by atoms with Crippen LogP contribution in [0.25, 0.3) is 0 Å². The minimum absolute atomic E-state index is 0.598. The topological polar surface area (TPSA) is 52.6 Å². The zero-order valence-electron chi connectivity index (χ0n) is 10.3. The van der Waals surface area contributed by atoms with Crippen molar-refractivity contribution in [2.75, 3.05) is 26.2 Å². The fourth-order valence-electron chi connectivity index (χ4n) is 1.38. The third kappa shape index (κ3) is 4.62. The average molecular weight is 216 g/mol. The number of hydrogen-bond donors (Lipinski definition) is 2. The summed E-state index contributed by atoms with van der Waals surface area (Å²) in [6.45, 7) is 11.5. The van der Waals surface area contributed by atoms with E-state index in [1.54, 1.807) is 6.92 Å². The quantitative estimate of drug-likeness (QED) is 0.639. The van der Waals surface area contributed by atoms with E-state index in [9.17, 15) is 4.79 Å². The molecule has 90 valence electrons. The maximum Gasteiger partial charge on any atom is 0.323 e. The van der Waals surface area contributed by atoms with Gasteiger partial charge in [0, 0.05) is 13.1 Å². The van der Waals surface area contributed by atoms with E-state index >= 15 is 0 Å². The number of rotatable bonds is 8. The van der Waals surface area contributed by atoms with Crippen molar-refractivity contribution in [2.24, 2.45) is 0 Å². The van der Waals surface area contributed by atoms with Crippen LogP contribution >= 0.6 is 0 Å². The van der Waals surface area contributed by atoms with Crippen LogP contribution in [-0.4, -0.2) is 47.7 Å². The van der Waals surface area contributed by atoms with Crippen LogP contribution in [-0.2, 0) is 4.79 Å². The minimum Gasteiger partial charge on any atom is -0.480 e. The van der Waals surface area contributed by atoms with Gasteiger partial charge < -0.3 is 15.3 Å². The SMILES string of the molecule is CCN(CC)CCNC(C)(CC)C(=O)O. The molecule has 0 heterocycles. The minimum atomic E-state index is -0.785. The van der Waals surface area contributed by atoms with Gasteiger partial charge in [-0.2, -0.15) is 0 Å². The Morgan fingerprint density at radius 3 is 2.20 bits per heavy atom. The number of carbonyl (C=O) groups is 1. The molecule has 0 aromatic heterocycles. The molecular formula is C11H24N2O2. The molecule has 0 amide bonds. The molecule has 0 saturated carbocycles. The molecule has 0 rings (SSSR count). The highest BCUT2D eigenvalue weighted by Gasteiger charge is 2.29. The van der Waals surface area contributed by atoms with Gasteiger partial charge in [0.15, 0.2) is 0 Å². The number of likely N-dealkylation sites (N-methyl/N-ethyl adjacent to an activating group) is 1. The molecule has 0 aliphatic heterocycles. The van der Waals surface area contributed by atoms with Gasteiger partial charge >= 0.3 is 5.97 Å². The normalized spacial score (nSPS) is 15.3. The molecule has 1 atom stereocenters. The van der Waals surface area contributed by atoms with E-state index in [4.69, 9.17) is 5.11 Å². The van der Waals surface area contributed by atoms with Crippen molar-refractivity contribution in [1.82, 2.24) is 10.2 Å². The Labute approximate surface area is 92.7 Å². The van der Waals surface area contributed by atoms with E-state index in [1.165, 1.54) is 0 Å². The number of hydrogen-bond acceptors (Lipinski definition) is 3. The molecule has 0 fully saturated rings. The Morgan fingerprint density at radius 2 is 1.87 bits per heavy atom. The lowest BCUT2D eigenvalue weighted by atomic mass is 9.99. The van der Waals surface area contributed by atoms with E-state index in [0.29, 0.717) is 6.42 Å². The summed E-state index contributed by atoms with van der Waals surface area (Å²) in [5.74, 6) is -0.774. The van der Waals surface area contributed by atoms with Crippen LogP contribution in [0.1, 0.15) is 34.1 Å². The lowest BCUT2D eigenvalue weighted by Crippen LogP contribution is -2.51. The van der Waals surface area contributed by atoms with E-state index in [-0.39, 0.29) is 0 Å². The summed E-state index contributed by atoms with van der Waals surface area (Å²) in [5, 5.41) is 12.1. The van der Waals surface area contributed by atoms with E-state index in [1.807, 2.05) is 6.92 Å². The predicted molar refractivity (Wildman–Crippen MR) is 62.1 cm³/mol. The summed E-state index contributed by atoms with van der Waals surface area (Å²) in [5.41, 5.74) is -0.785. The summed E-state index contributed by atoms with van der Waals surface area (Å²) < 4.78 is 0. The molecule has 0 bridgehead atoms. The van der Waals surface area contributed by atoms with Crippen molar-refractivity contribution in [3.63, 3.8) is 0 Å². The first-order chi connectivity index (χ1) is 7.00. The molecule has 1 unspecified atom stereocenters. The zero-order valence-corrected chi connectivity index (χ0v) is 10.3. The molecule has 4 nitrogen and oxygen atoms in total. The second-order valence-corrected chi connectivity index (χ2v) is 3.94.